The van der Waals surface area contributed by atoms with E-state index in [1.165, 1.54) is 70.6 Å². The standard InChI is InChI=1S/C53H87NO5/c1-4-7-10-13-16-19-22-24-25-26-27-29-30-32-35-38-41-44-49(59-53(58)46-43-40-37-34-31-28-23-20-17-14-11-8-5-2)47-52(57)54-50(48-55)51(56)45-42-39-36-33-21-18-15-12-9-6-3/h8,11,14,16-17,19-20,23-25,27-29,31-32,34-35,37,49-51,55-56H,4-7,9-10,12-13,15,18,21-22,26,30,33,36,38-48H2,1-3H3,(H,54,57)/b11-8+,17-14+,19-16-,23-20-,25-24-,29-27-,31-28-,35-32-,37-34+. The van der Waals surface area contributed by atoms with Crippen LogP contribution in [0.5, 0.6) is 0 Å². The van der Waals surface area contributed by atoms with Crippen LogP contribution in [0.15, 0.2) is 109 Å². The average molecular weight is 818 g/mol. The lowest BCUT2D eigenvalue weighted by Gasteiger charge is -2.24. The number of unbranched alkanes of at least 4 members (excludes halogenated alkanes) is 14. The Hall–Kier alpha value is -3.48. The molecule has 334 valence electrons. The number of nitrogens with one attached hydrogen (secondary N) is 1. The van der Waals surface area contributed by atoms with Crippen molar-refractivity contribution in [2.24, 2.45) is 0 Å². The quantitative estimate of drug-likeness (QED) is 0.0248. The summed E-state index contributed by atoms with van der Waals surface area (Å²) in [5.41, 5.74) is 0. The van der Waals surface area contributed by atoms with Gasteiger partial charge in [0, 0.05) is 6.42 Å². The van der Waals surface area contributed by atoms with E-state index < -0.39 is 18.2 Å². The second kappa shape index (κ2) is 45.6. The number of aliphatic hydroxyl groups is 2. The molecule has 0 spiro atoms. The van der Waals surface area contributed by atoms with Gasteiger partial charge >= 0.3 is 5.97 Å². The van der Waals surface area contributed by atoms with Crippen LogP contribution in [0.3, 0.4) is 0 Å². The van der Waals surface area contributed by atoms with Crippen LogP contribution in [-0.2, 0) is 14.3 Å². The van der Waals surface area contributed by atoms with Crippen molar-refractivity contribution in [3.8, 4) is 0 Å². The topological polar surface area (TPSA) is 95.9 Å². The monoisotopic (exact) mass is 818 g/mol. The van der Waals surface area contributed by atoms with Crippen molar-refractivity contribution in [1.82, 2.24) is 5.32 Å². The van der Waals surface area contributed by atoms with Crippen LogP contribution in [0.2, 0.25) is 0 Å². The zero-order valence-corrected chi connectivity index (χ0v) is 37.8. The average Bonchev–Trinajstić information content (AvgIpc) is 3.23. The Balaban J connectivity index is 4.86. The van der Waals surface area contributed by atoms with E-state index in [9.17, 15) is 19.8 Å². The molecule has 0 fully saturated rings. The number of hydrogen-bond acceptors (Lipinski definition) is 5. The highest BCUT2D eigenvalue weighted by atomic mass is 16.5. The minimum atomic E-state index is -0.819. The van der Waals surface area contributed by atoms with E-state index in [1.54, 1.807) is 0 Å². The van der Waals surface area contributed by atoms with E-state index in [0.29, 0.717) is 19.3 Å². The van der Waals surface area contributed by atoms with E-state index in [0.717, 1.165) is 64.2 Å². The van der Waals surface area contributed by atoms with Gasteiger partial charge in [-0.1, -0.05) is 207 Å². The molecule has 0 heterocycles. The van der Waals surface area contributed by atoms with Crippen molar-refractivity contribution >= 4 is 11.9 Å². The Bertz CT molecular complexity index is 1240. The third-order valence-corrected chi connectivity index (χ3v) is 9.96. The van der Waals surface area contributed by atoms with Crippen LogP contribution in [-0.4, -0.2) is 46.9 Å². The molecule has 0 saturated heterocycles. The summed E-state index contributed by atoms with van der Waals surface area (Å²) in [6.45, 7) is 6.24. The van der Waals surface area contributed by atoms with Crippen LogP contribution in [0.1, 0.15) is 188 Å². The van der Waals surface area contributed by atoms with Gasteiger partial charge < -0.3 is 20.3 Å². The SMILES string of the molecule is CC/C=C/C=C/C=C\C=C/C=C/CCCC(=O)OC(CCC/C=C\C/C=C\C/C=C\C/C=C\CCCCC)CC(=O)NC(CO)C(O)CCCCCCCCCCCC. The molecule has 0 aliphatic heterocycles. The molecule has 6 heteroatoms. The van der Waals surface area contributed by atoms with Crippen molar-refractivity contribution in [2.45, 2.75) is 206 Å². The molecule has 59 heavy (non-hydrogen) atoms. The molecule has 0 aromatic carbocycles. The fourth-order valence-corrected chi connectivity index (χ4v) is 6.39. The van der Waals surface area contributed by atoms with Crippen molar-refractivity contribution < 1.29 is 24.5 Å². The van der Waals surface area contributed by atoms with E-state index in [-0.39, 0.29) is 31.3 Å². The molecule has 0 aromatic heterocycles. The van der Waals surface area contributed by atoms with Gasteiger partial charge in [0.15, 0.2) is 0 Å². The van der Waals surface area contributed by atoms with Crippen LogP contribution in [0.25, 0.3) is 0 Å². The lowest BCUT2D eigenvalue weighted by atomic mass is 10.0. The number of amides is 1. The predicted molar refractivity (Wildman–Crippen MR) is 254 cm³/mol. The van der Waals surface area contributed by atoms with Gasteiger partial charge in [-0.3, -0.25) is 9.59 Å². The number of ether oxygens (including phenoxy) is 1. The number of allylic oxidation sites excluding steroid dienone is 18. The normalized spacial score (nSPS) is 14.3. The fraction of sp³-hybridized carbons (Fsp3) is 0.623. The van der Waals surface area contributed by atoms with Crippen molar-refractivity contribution in [1.29, 1.82) is 0 Å². The highest BCUT2D eigenvalue weighted by molar-refractivity contribution is 5.77. The van der Waals surface area contributed by atoms with Gasteiger partial charge in [0.25, 0.3) is 0 Å². The lowest BCUT2D eigenvalue weighted by molar-refractivity contribution is -0.151. The minimum absolute atomic E-state index is 0.00410. The molecular weight excluding hydrogens is 731 g/mol. The molecule has 0 aliphatic carbocycles. The lowest BCUT2D eigenvalue weighted by Crippen LogP contribution is -2.46. The Morgan fingerprint density at radius 1 is 0.525 bits per heavy atom. The van der Waals surface area contributed by atoms with Gasteiger partial charge in [0.2, 0.25) is 5.91 Å². The summed E-state index contributed by atoms with van der Waals surface area (Å²) in [7, 11) is 0. The zero-order chi connectivity index (χ0) is 43.1. The Morgan fingerprint density at radius 3 is 1.56 bits per heavy atom. The molecule has 1 amide bonds. The van der Waals surface area contributed by atoms with Gasteiger partial charge in [-0.05, 0) is 77.0 Å². The van der Waals surface area contributed by atoms with Crippen LogP contribution < -0.4 is 5.32 Å². The first kappa shape index (κ1) is 55.5. The number of esters is 1. The minimum Gasteiger partial charge on any atom is -0.462 e. The van der Waals surface area contributed by atoms with Crippen LogP contribution in [0.4, 0.5) is 0 Å². The summed E-state index contributed by atoms with van der Waals surface area (Å²) < 4.78 is 5.84. The van der Waals surface area contributed by atoms with E-state index >= 15 is 0 Å². The summed E-state index contributed by atoms with van der Waals surface area (Å²) in [6, 6.07) is -0.739. The maximum absolute atomic E-state index is 13.1. The summed E-state index contributed by atoms with van der Waals surface area (Å²) in [5, 5.41) is 23.6. The highest BCUT2D eigenvalue weighted by Crippen LogP contribution is 2.15. The molecule has 3 N–H and O–H groups in total. The summed E-state index contributed by atoms with van der Waals surface area (Å²) >= 11 is 0. The highest BCUT2D eigenvalue weighted by Gasteiger charge is 2.23. The summed E-state index contributed by atoms with van der Waals surface area (Å²) in [6.07, 6.45) is 61.5. The molecule has 0 radical (unpaired) electrons. The van der Waals surface area contributed by atoms with Gasteiger partial charge in [0.1, 0.15) is 6.10 Å². The zero-order valence-electron chi connectivity index (χ0n) is 37.8. The van der Waals surface area contributed by atoms with E-state index in [1.807, 2.05) is 54.7 Å². The Kier molecular flexibility index (Phi) is 42.9. The van der Waals surface area contributed by atoms with E-state index in [4.69, 9.17) is 4.74 Å². The molecule has 0 rings (SSSR count). The summed E-state index contributed by atoms with van der Waals surface area (Å²) in [4.78, 5) is 26.0. The Labute approximate surface area is 362 Å². The third kappa shape index (κ3) is 41.1. The fourth-order valence-electron chi connectivity index (χ4n) is 6.39. The van der Waals surface area contributed by atoms with Crippen molar-refractivity contribution in [3.63, 3.8) is 0 Å². The molecule has 6 nitrogen and oxygen atoms in total. The second-order valence-electron chi connectivity index (χ2n) is 15.5. The van der Waals surface area contributed by atoms with Gasteiger partial charge in [-0.2, -0.15) is 0 Å². The Morgan fingerprint density at radius 2 is 1.00 bits per heavy atom. The van der Waals surface area contributed by atoms with E-state index in [2.05, 4.69) is 80.8 Å². The first-order valence-electron chi connectivity index (χ1n) is 23.7. The number of rotatable bonds is 40. The van der Waals surface area contributed by atoms with Gasteiger partial charge in [0.05, 0.1) is 25.2 Å². The van der Waals surface area contributed by atoms with Gasteiger partial charge in [-0.25, -0.2) is 0 Å². The second-order valence-corrected chi connectivity index (χ2v) is 15.5. The first-order valence-corrected chi connectivity index (χ1v) is 23.7. The molecule has 0 aliphatic rings. The third-order valence-electron chi connectivity index (χ3n) is 9.96. The molecule has 3 unspecified atom stereocenters. The molecular formula is C53H87NO5. The number of carbonyl (C=O) groups excluding carboxylic acids is 2. The van der Waals surface area contributed by atoms with Crippen molar-refractivity contribution in [3.05, 3.63) is 109 Å². The summed E-state index contributed by atoms with van der Waals surface area (Å²) in [5.74, 6) is -0.630. The van der Waals surface area contributed by atoms with Crippen LogP contribution in [0, 0.1) is 0 Å². The molecule has 0 bridgehead atoms. The molecule has 0 aromatic rings. The van der Waals surface area contributed by atoms with Crippen LogP contribution >= 0.6 is 0 Å². The number of aliphatic hydroxyl groups excluding tert-OH is 2. The van der Waals surface area contributed by atoms with Gasteiger partial charge in [-0.15, -0.1) is 0 Å². The first-order chi connectivity index (χ1) is 29.0. The van der Waals surface area contributed by atoms with Crippen molar-refractivity contribution in [2.75, 3.05) is 6.61 Å². The molecule has 0 saturated carbocycles. The number of carbonyl (C=O) groups is 2. The smallest absolute Gasteiger partial charge is 0.306 e. The largest absolute Gasteiger partial charge is 0.462 e. The predicted octanol–water partition coefficient (Wildman–Crippen LogP) is 13.9. The molecule has 3 atom stereocenters. The maximum atomic E-state index is 13.1. The number of hydrogen-bond donors (Lipinski definition) is 3. The maximum Gasteiger partial charge on any atom is 0.306 e.